The van der Waals surface area contributed by atoms with Gasteiger partial charge in [-0.1, -0.05) is 60.7 Å². The molecule has 3 aromatic carbocycles. The molecule has 0 amide bonds. The van der Waals surface area contributed by atoms with Crippen LogP contribution in [-0.4, -0.2) is 15.0 Å². The van der Waals surface area contributed by atoms with E-state index in [9.17, 15) is 8.78 Å². The summed E-state index contributed by atoms with van der Waals surface area (Å²) in [4.78, 5) is 13.2. The molecule has 4 nitrogen and oxygen atoms in total. The van der Waals surface area contributed by atoms with Crippen LogP contribution in [0.15, 0.2) is 72.8 Å². The maximum Gasteiger partial charge on any atom is 0.167 e. The molecule has 4 aromatic rings. The largest absolute Gasteiger partial charge is 0.208 e. The van der Waals surface area contributed by atoms with Crippen molar-refractivity contribution in [3.63, 3.8) is 0 Å². The number of rotatable bonds is 3. The number of nitrogens with zero attached hydrogens (tertiary/aromatic N) is 4. The van der Waals surface area contributed by atoms with Crippen LogP contribution in [0.3, 0.4) is 0 Å². The molecule has 1 aromatic heterocycles. The van der Waals surface area contributed by atoms with Crippen molar-refractivity contribution in [2.45, 2.75) is 0 Å². The van der Waals surface area contributed by atoms with E-state index >= 15 is 0 Å². The molecule has 0 aliphatic heterocycles. The van der Waals surface area contributed by atoms with E-state index in [0.29, 0.717) is 11.6 Å². The van der Waals surface area contributed by atoms with E-state index in [1.165, 1.54) is 6.07 Å². The summed E-state index contributed by atoms with van der Waals surface area (Å²) in [6, 6.07) is 22.2. The molecule has 0 radical (unpaired) electrons. The monoisotopic (exact) mass is 370 g/mol. The molecule has 0 atom stereocenters. The average Bonchev–Trinajstić information content (AvgIpc) is 2.75. The second-order valence-electron chi connectivity index (χ2n) is 5.93. The van der Waals surface area contributed by atoms with Crippen LogP contribution in [0.25, 0.3) is 34.2 Å². The first kappa shape index (κ1) is 17.4. The van der Waals surface area contributed by atoms with E-state index in [2.05, 4.69) is 15.0 Å². The van der Waals surface area contributed by atoms with Gasteiger partial charge in [0.15, 0.2) is 23.3 Å². The molecule has 6 heteroatoms. The minimum atomic E-state index is -0.994. The molecule has 0 bridgehead atoms. The van der Waals surface area contributed by atoms with Gasteiger partial charge in [-0.25, -0.2) is 23.7 Å². The summed E-state index contributed by atoms with van der Waals surface area (Å²) in [7, 11) is 0. The third-order valence-electron chi connectivity index (χ3n) is 4.14. The standard InChI is InChI=1S/C22H12F2N4/c23-18-12-11-16(19(24)17(18)13-25)22-27-20(14-7-3-1-4-8-14)26-21(28-22)15-9-5-2-6-10-15/h1-12H. The van der Waals surface area contributed by atoms with Gasteiger partial charge in [0, 0.05) is 11.1 Å². The van der Waals surface area contributed by atoms with E-state index < -0.39 is 17.2 Å². The van der Waals surface area contributed by atoms with Crippen molar-refractivity contribution in [3.8, 4) is 40.2 Å². The average molecular weight is 370 g/mol. The van der Waals surface area contributed by atoms with E-state index in [4.69, 9.17) is 5.26 Å². The molecule has 4 rings (SSSR count). The number of hydrogen-bond donors (Lipinski definition) is 0. The van der Waals surface area contributed by atoms with Crippen molar-refractivity contribution in [3.05, 3.63) is 90.0 Å². The van der Waals surface area contributed by atoms with Crippen molar-refractivity contribution < 1.29 is 8.78 Å². The highest BCUT2D eigenvalue weighted by Gasteiger charge is 2.19. The van der Waals surface area contributed by atoms with Gasteiger partial charge < -0.3 is 0 Å². The summed E-state index contributed by atoms with van der Waals surface area (Å²) in [6.45, 7) is 0. The molecular weight excluding hydrogens is 358 g/mol. The van der Waals surface area contributed by atoms with Crippen molar-refractivity contribution >= 4 is 0 Å². The van der Waals surface area contributed by atoms with Crippen LogP contribution in [0.1, 0.15) is 5.56 Å². The fourth-order valence-electron chi connectivity index (χ4n) is 2.76. The number of hydrogen-bond acceptors (Lipinski definition) is 4. The summed E-state index contributed by atoms with van der Waals surface area (Å²) < 4.78 is 28.4. The van der Waals surface area contributed by atoms with Gasteiger partial charge in [-0.3, -0.25) is 0 Å². The summed E-state index contributed by atoms with van der Waals surface area (Å²) >= 11 is 0. The van der Waals surface area contributed by atoms with Crippen LogP contribution < -0.4 is 0 Å². The second-order valence-corrected chi connectivity index (χ2v) is 5.93. The van der Waals surface area contributed by atoms with E-state index in [1.54, 1.807) is 6.07 Å². The Morgan fingerprint density at radius 3 is 1.64 bits per heavy atom. The molecule has 0 saturated heterocycles. The molecule has 0 saturated carbocycles. The summed E-state index contributed by atoms with van der Waals surface area (Å²) in [5, 5.41) is 9.05. The second kappa shape index (κ2) is 7.33. The van der Waals surface area contributed by atoms with Gasteiger partial charge in [-0.05, 0) is 12.1 Å². The topological polar surface area (TPSA) is 62.5 Å². The minimum absolute atomic E-state index is 0.0294. The fraction of sp³-hybridized carbons (Fsp3) is 0. The van der Waals surface area contributed by atoms with Gasteiger partial charge in [-0.15, -0.1) is 0 Å². The Morgan fingerprint density at radius 2 is 1.14 bits per heavy atom. The number of aromatic nitrogens is 3. The first-order valence-corrected chi connectivity index (χ1v) is 8.43. The molecule has 0 aliphatic carbocycles. The van der Waals surface area contributed by atoms with Crippen LogP contribution in [0.5, 0.6) is 0 Å². The zero-order valence-electron chi connectivity index (χ0n) is 14.5. The molecular formula is C22H12F2N4. The van der Waals surface area contributed by atoms with Gasteiger partial charge in [0.25, 0.3) is 0 Å². The summed E-state index contributed by atoms with van der Waals surface area (Å²) in [5.74, 6) is -1.18. The maximum absolute atomic E-state index is 14.7. The lowest BCUT2D eigenvalue weighted by Crippen LogP contribution is -2.02. The lowest BCUT2D eigenvalue weighted by molar-refractivity contribution is 0.578. The third kappa shape index (κ3) is 3.21. The Kier molecular flexibility index (Phi) is 4.56. The normalized spacial score (nSPS) is 10.5. The van der Waals surface area contributed by atoms with E-state index in [0.717, 1.165) is 17.2 Å². The highest BCUT2D eigenvalue weighted by atomic mass is 19.1. The van der Waals surface area contributed by atoms with Gasteiger partial charge in [0.2, 0.25) is 0 Å². The third-order valence-corrected chi connectivity index (χ3v) is 4.14. The van der Waals surface area contributed by atoms with E-state index in [1.807, 2.05) is 60.7 Å². The summed E-state index contributed by atoms with van der Waals surface area (Å²) in [5.41, 5.74) is 0.730. The molecule has 134 valence electrons. The van der Waals surface area contributed by atoms with Crippen molar-refractivity contribution in [1.29, 1.82) is 5.26 Å². The maximum atomic E-state index is 14.7. The lowest BCUT2D eigenvalue weighted by Gasteiger charge is -2.09. The highest BCUT2D eigenvalue weighted by molar-refractivity contribution is 5.67. The van der Waals surface area contributed by atoms with E-state index in [-0.39, 0.29) is 11.4 Å². The van der Waals surface area contributed by atoms with Crippen molar-refractivity contribution in [2.75, 3.05) is 0 Å². The predicted molar refractivity (Wildman–Crippen MR) is 101 cm³/mol. The molecule has 0 fully saturated rings. The molecule has 0 spiro atoms. The van der Waals surface area contributed by atoms with Crippen LogP contribution in [0, 0.1) is 23.0 Å². The number of halogens is 2. The smallest absolute Gasteiger partial charge is 0.167 e. The Balaban J connectivity index is 1.97. The van der Waals surface area contributed by atoms with Crippen LogP contribution in [0.4, 0.5) is 8.78 Å². The summed E-state index contributed by atoms with van der Waals surface area (Å²) in [6.07, 6.45) is 0. The Bertz CT molecular complexity index is 1130. The first-order valence-electron chi connectivity index (χ1n) is 8.43. The van der Waals surface area contributed by atoms with Crippen LogP contribution >= 0.6 is 0 Å². The zero-order valence-corrected chi connectivity index (χ0v) is 14.5. The Morgan fingerprint density at radius 1 is 0.643 bits per heavy atom. The van der Waals surface area contributed by atoms with Gasteiger partial charge in [0.1, 0.15) is 17.4 Å². The van der Waals surface area contributed by atoms with Gasteiger partial charge in [-0.2, -0.15) is 5.26 Å². The fourth-order valence-corrected chi connectivity index (χ4v) is 2.76. The van der Waals surface area contributed by atoms with Gasteiger partial charge >= 0.3 is 0 Å². The number of benzene rings is 3. The first-order chi connectivity index (χ1) is 13.7. The van der Waals surface area contributed by atoms with Gasteiger partial charge in [0.05, 0.1) is 5.56 Å². The van der Waals surface area contributed by atoms with Crippen molar-refractivity contribution in [1.82, 2.24) is 15.0 Å². The van der Waals surface area contributed by atoms with Crippen molar-refractivity contribution in [2.24, 2.45) is 0 Å². The zero-order chi connectivity index (χ0) is 19.5. The molecule has 0 unspecified atom stereocenters. The quantitative estimate of drug-likeness (QED) is 0.508. The Labute approximate surface area is 159 Å². The van der Waals surface area contributed by atoms with Crippen LogP contribution in [-0.2, 0) is 0 Å². The Hall–Kier alpha value is -3.98. The molecule has 28 heavy (non-hydrogen) atoms. The van der Waals surface area contributed by atoms with Crippen LogP contribution in [0.2, 0.25) is 0 Å². The highest BCUT2D eigenvalue weighted by Crippen LogP contribution is 2.28. The predicted octanol–water partition coefficient (Wildman–Crippen LogP) is 5.02. The minimum Gasteiger partial charge on any atom is -0.208 e. The lowest BCUT2D eigenvalue weighted by atomic mass is 10.1. The SMILES string of the molecule is N#Cc1c(F)ccc(-c2nc(-c3ccccc3)nc(-c3ccccc3)n2)c1F. The number of nitriles is 1. The molecule has 0 N–H and O–H groups in total. The molecule has 0 aliphatic rings. The molecule has 1 heterocycles.